The summed E-state index contributed by atoms with van der Waals surface area (Å²) in [5, 5.41) is 1.66. The van der Waals surface area contributed by atoms with E-state index >= 15 is 0 Å². The Balaban J connectivity index is 2.29. The Kier molecular flexibility index (Phi) is 4.09. The van der Waals surface area contributed by atoms with Crippen molar-refractivity contribution >= 4 is 40.4 Å². The normalized spacial score (nSPS) is 11.2. The van der Waals surface area contributed by atoms with Gasteiger partial charge >= 0.3 is 0 Å². The van der Waals surface area contributed by atoms with E-state index in [1.807, 2.05) is 34.9 Å². The lowest BCUT2D eigenvalue weighted by Gasteiger charge is -2.07. The third-order valence-corrected chi connectivity index (χ3v) is 4.19. The molecule has 0 saturated heterocycles. The minimum absolute atomic E-state index is 0.504. The van der Waals surface area contributed by atoms with E-state index in [0.717, 1.165) is 22.6 Å². The van der Waals surface area contributed by atoms with Crippen LogP contribution in [-0.2, 0) is 6.42 Å². The van der Waals surface area contributed by atoms with Gasteiger partial charge in [-0.1, -0.05) is 40.9 Å². The topological polar surface area (TPSA) is 43.3 Å². The van der Waals surface area contributed by atoms with E-state index in [-0.39, 0.29) is 0 Å². The average molecular weight is 341 g/mol. The van der Waals surface area contributed by atoms with E-state index in [1.165, 1.54) is 0 Å². The summed E-state index contributed by atoms with van der Waals surface area (Å²) < 4.78 is 1.95. The Morgan fingerprint density at radius 3 is 2.57 bits per heavy atom. The predicted octanol–water partition coefficient (Wildman–Crippen LogP) is 4.46. The first-order chi connectivity index (χ1) is 10.1. The first-order valence-electron chi connectivity index (χ1n) is 6.42. The van der Waals surface area contributed by atoms with Crippen molar-refractivity contribution in [3.8, 4) is 11.3 Å². The number of halogens is 3. The molecule has 0 amide bonds. The summed E-state index contributed by atoms with van der Waals surface area (Å²) in [6.45, 7) is 0.520. The highest BCUT2D eigenvalue weighted by Gasteiger charge is 2.15. The first-order valence-corrected chi connectivity index (χ1v) is 7.55. The Morgan fingerprint density at radius 1 is 1.05 bits per heavy atom. The molecule has 1 aromatic carbocycles. The van der Waals surface area contributed by atoms with Gasteiger partial charge in [-0.05, 0) is 30.8 Å². The molecule has 0 spiro atoms. The van der Waals surface area contributed by atoms with Gasteiger partial charge in [0.15, 0.2) is 0 Å². The van der Waals surface area contributed by atoms with Gasteiger partial charge in [0.05, 0.1) is 26.5 Å². The van der Waals surface area contributed by atoms with Crippen molar-refractivity contribution in [3.63, 3.8) is 0 Å². The van der Waals surface area contributed by atoms with Crippen LogP contribution in [0.5, 0.6) is 0 Å². The van der Waals surface area contributed by atoms with E-state index in [1.54, 1.807) is 6.07 Å². The summed E-state index contributed by atoms with van der Waals surface area (Å²) in [7, 11) is 0. The Labute approximate surface area is 137 Å². The maximum Gasteiger partial charge on any atom is 0.137 e. The molecular weight excluding hydrogens is 329 g/mol. The predicted molar refractivity (Wildman–Crippen MR) is 88.4 cm³/mol. The van der Waals surface area contributed by atoms with E-state index in [4.69, 9.17) is 40.5 Å². The van der Waals surface area contributed by atoms with Crippen molar-refractivity contribution in [2.45, 2.75) is 6.42 Å². The Morgan fingerprint density at radius 2 is 1.86 bits per heavy atom. The average Bonchev–Trinajstić information content (AvgIpc) is 2.80. The van der Waals surface area contributed by atoms with Gasteiger partial charge in [-0.25, -0.2) is 4.98 Å². The number of rotatable bonds is 3. The van der Waals surface area contributed by atoms with Crippen LogP contribution in [0.3, 0.4) is 0 Å². The smallest absolute Gasteiger partial charge is 0.137 e. The van der Waals surface area contributed by atoms with Gasteiger partial charge in [-0.2, -0.15) is 0 Å². The molecule has 2 heterocycles. The highest BCUT2D eigenvalue weighted by atomic mass is 35.5. The van der Waals surface area contributed by atoms with Crippen LogP contribution in [-0.4, -0.2) is 15.9 Å². The van der Waals surface area contributed by atoms with Crippen LogP contribution in [0.2, 0.25) is 15.1 Å². The van der Waals surface area contributed by atoms with Crippen LogP contribution in [0.4, 0.5) is 0 Å². The molecule has 0 bridgehead atoms. The molecule has 0 unspecified atom stereocenters. The van der Waals surface area contributed by atoms with Gasteiger partial charge in [-0.3, -0.25) is 4.40 Å². The third-order valence-electron chi connectivity index (χ3n) is 3.23. The number of hydrogen-bond acceptors (Lipinski definition) is 2. The monoisotopic (exact) mass is 339 g/mol. The van der Waals surface area contributed by atoms with Crippen molar-refractivity contribution in [2.75, 3.05) is 6.54 Å². The highest BCUT2D eigenvalue weighted by molar-refractivity contribution is 6.42. The van der Waals surface area contributed by atoms with Crippen molar-refractivity contribution < 1.29 is 0 Å². The van der Waals surface area contributed by atoms with Crippen molar-refractivity contribution in [3.05, 3.63) is 57.3 Å². The zero-order valence-electron chi connectivity index (χ0n) is 11.0. The quantitative estimate of drug-likeness (QED) is 0.765. The van der Waals surface area contributed by atoms with Crippen LogP contribution in [0.25, 0.3) is 16.9 Å². The molecule has 3 aromatic rings. The minimum Gasteiger partial charge on any atom is -0.330 e. The number of imidazole rings is 1. The molecule has 2 aromatic heterocycles. The van der Waals surface area contributed by atoms with Crippen LogP contribution in [0, 0.1) is 0 Å². The molecule has 0 radical (unpaired) electrons. The summed E-state index contributed by atoms with van der Waals surface area (Å²) in [6.07, 6.45) is 2.51. The van der Waals surface area contributed by atoms with E-state index in [9.17, 15) is 0 Å². The van der Waals surface area contributed by atoms with E-state index in [0.29, 0.717) is 28.0 Å². The fourth-order valence-corrected chi connectivity index (χ4v) is 2.79. The number of hydrogen-bond donors (Lipinski definition) is 1. The molecule has 0 aliphatic rings. The van der Waals surface area contributed by atoms with Crippen LogP contribution in [0.15, 0.2) is 36.5 Å². The van der Waals surface area contributed by atoms with E-state index < -0.39 is 0 Å². The molecule has 2 N–H and O–H groups in total. The molecule has 0 aliphatic carbocycles. The number of benzene rings is 1. The SMILES string of the molecule is NCCc1nc2ccc(Cl)cn2c1-c1ccc(Cl)c(Cl)c1. The number of pyridine rings is 1. The highest BCUT2D eigenvalue weighted by Crippen LogP contribution is 2.31. The van der Waals surface area contributed by atoms with Crippen molar-refractivity contribution in [2.24, 2.45) is 5.73 Å². The van der Waals surface area contributed by atoms with Crippen LogP contribution < -0.4 is 5.73 Å². The fraction of sp³-hybridized carbons (Fsp3) is 0.133. The molecule has 21 heavy (non-hydrogen) atoms. The van der Waals surface area contributed by atoms with E-state index in [2.05, 4.69) is 4.98 Å². The number of nitrogens with zero attached hydrogens (tertiary/aromatic N) is 2. The summed E-state index contributed by atoms with van der Waals surface area (Å²) in [6, 6.07) is 9.21. The molecule has 0 saturated carbocycles. The second-order valence-corrected chi connectivity index (χ2v) is 5.90. The van der Waals surface area contributed by atoms with Crippen molar-refractivity contribution in [1.82, 2.24) is 9.38 Å². The van der Waals surface area contributed by atoms with Crippen molar-refractivity contribution in [1.29, 1.82) is 0 Å². The summed E-state index contributed by atoms with van der Waals surface area (Å²) in [5.74, 6) is 0. The molecule has 3 rings (SSSR count). The Hall–Kier alpha value is -1.26. The Bertz CT molecular complexity index is 811. The van der Waals surface area contributed by atoms with Gasteiger partial charge < -0.3 is 5.73 Å². The lowest BCUT2D eigenvalue weighted by atomic mass is 10.1. The van der Waals surface area contributed by atoms with Gasteiger partial charge in [0.2, 0.25) is 0 Å². The second-order valence-electron chi connectivity index (χ2n) is 4.65. The lowest BCUT2D eigenvalue weighted by Crippen LogP contribution is -2.04. The minimum atomic E-state index is 0.504. The maximum atomic E-state index is 6.13. The number of nitrogens with two attached hydrogens (primary N) is 1. The summed E-state index contributed by atoms with van der Waals surface area (Å²) >= 11 is 18.2. The van der Waals surface area contributed by atoms with Gasteiger partial charge in [-0.15, -0.1) is 0 Å². The van der Waals surface area contributed by atoms with Crippen LogP contribution >= 0.6 is 34.8 Å². The number of fused-ring (bicyclic) bond motifs is 1. The lowest BCUT2D eigenvalue weighted by molar-refractivity contribution is 0.939. The first kappa shape index (κ1) is 14.7. The largest absolute Gasteiger partial charge is 0.330 e. The zero-order chi connectivity index (χ0) is 15.0. The molecule has 0 fully saturated rings. The van der Waals surface area contributed by atoms with Gasteiger partial charge in [0, 0.05) is 18.2 Å². The number of aromatic nitrogens is 2. The molecule has 108 valence electrons. The summed E-state index contributed by atoms with van der Waals surface area (Å²) in [5.41, 5.74) is 9.30. The fourth-order valence-electron chi connectivity index (χ4n) is 2.33. The van der Waals surface area contributed by atoms with Gasteiger partial charge in [0.25, 0.3) is 0 Å². The van der Waals surface area contributed by atoms with Crippen LogP contribution in [0.1, 0.15) is 5.69 Å². The maximum absolute atomic E-state index is 6.13. The molecule has 6 heteroatoms. The standard InChI is InChI=1S/C15H12Cl3N3/c16-10-2-4-14-20-13(5-6-19)15(21(14)8-10)9-1-3-11(17)12(18)7-9/h1-4,7-8H,5-6,19H2. The third kappa shape index (κ3) is 2.74. The molecular formula is C15H12Cl3N3. The molecule has 0 atom stereocenters. The summed E-state index contributed by atoms with van der Waals surface area (Å²) in [4.78, 5) is 4.62. The zero-order valence-corrected chi connectivity index (χ0v) is 13.3. The molecule has 0 aliphatic heterocycles. The molecule has 3 nitrogen and oxygen atoms in total. The van der Waals surface area contributed by atoms with Gasteiger partial charge in [0.1, 0.15) is 5.65 Å². The second kappa shape index (κ2) is 5.85.